The number of nitrogens with zero attached hydrogens (tertiary/aromatic N) is 2. The zero-order chi connectivity index (χ0) is 32.4. The number of benzene rings is 4. The van der Waals surface area contributed by atoms with Gasteiger partial charge in [-0.1, -0.05) is 90.5 Å². The van der Waals surface area contributed by atoms with Crippen LogP contribution in [0.25, 0.3) is 0 Å². The van der Waals surface area contributed by atoms with Crippen LogP contribution in [0.1, 0.15) is 37.5 Å². The molecule has 8 nitrogen and oxygen atoms in total. The summed E-state index contributed by atoms with van der Waals surface area (Å²) in [5.41, 5.74) is 2.98. The van der Waals surface area contributed by atoms with E-state index in [1.807, 2.05) is 82.3 Å². The molecule has 1 N–H and O–H groups in total. The van der Waals surface area contributed by atoms with E-state index in [0.29, 0.717) is 12.4 Å². The van der Waals surface area contributed by atoms with Crippen LogP contribution in [0.3, 0.4) is 0 Å². The van der Waals surface area contributed by atoms with Crippen LogP contribution < -0.4 is 14.4 Å². The van der Waals surface area contributed by atoms with Gasteiger partial charge in [0, 0.05) is 19.0 Å². The second kappa shape index (κ2) is 15.4. The van der Waals surface area contributed by atoms with Gasteiger partial charge in [0.25, 0.3) is 10.0 Å². The topological polar surface area (TPSA) is 96.0 Å². The monoisotopic (exact) mass is 627 g/mol. The van der Waals surface area contributed by atoms with Crippen molar-refractivity contribution in [3.8, 4) is 5.75 Å². The van der Waals surface area contributed by atoms with Gasteiger partial charge in [0.15, 0.2) is 0 Å². The Labute approximate surface area is 266 Å². The number of hydrogen-bond acceptors (Lipinski definition) is 5. The van der Waals surface area contributed by atoms with Gasteiger partial charge in [-0.15, -0.1) is 0 Å². The molecule has 4 aromatic rings. The van der Waals surface area contributed by atoms with Crippen LogP contribution in [0.15, 0.2) is 114 Å². The molecule has 0 fully saturated rings. The number of hydrogen-bond donors (Lipinski definition) is 1. The predicted molar refractivity (Wildman–Crippen MR) is 178 cm³/mol. The molecule has 0 radical (unpaired) electrons. The average Bonchev–Trinajstić information content (AvgIpc) is 3.03. The Morgan fingerprint density at radius 3 is 2.02 bits per heavy atom. The molecule has 0 aliphatic carbocycles. The Morgan fingerprint density at radius 2 is 1.40 bits per heavy atom. The summed E-state index contributed by atoms with van der Waals surface area (Å²) in [4.78, 5) is 29.9. The molecule has 4 rings (SSSR count). The van der Waals surface area contributed by atoms with E-state index in [1.54, 1.807) is 42.5 Å². The summed E-state index contributed by atoms with van der Waals surface area (Å²) >= 11 is 0. The van der Waals surface area contributed by atoms with Crippen molar-refractivity contribution in [2.24, 2.45) is 0 Å². The first-order valence-electron chi connectivity index (χ1n) is 15.1. The molecular weight excluding hydrogens is 586 g/mol. The van der Waals surface area contributed by atoms with Crippen molar-refractivity contribution in [2.75, 3.05) is 17.5 Å². The molecule has 4 aromatic carbocycles. The lowest BCUT2D eigenvalue weighted by molar-refractivity contribution is -0.140. The van der Waals surface area contributed by atoms with Gasteiger partial charge < -0.3 is 15.0 Å². The number of carbonyl (C=O) groups is 2. The minimum atomic E-state index is -4.22. The van der Waals surface area contributed by atoms with Gasteiger partial charge in [0.2, 0.25) is 11.8 Å². The number of amides is 2. The Hall–Kier alpha value is -4.63. The highest BCUT2D eigenvalue weighted by molar-refractivity contribution is 7.92. The lowest BCUT2D eigenvalue weighted by atomic mass is 10.0. The number of anilines is 1. The number of nitrogens with one attached hydrogen (secondary N) is 1. The van der Waals surface area contributed by atoms with Crippen molar-refractivity contribution in [2.45, 2.75) is 57.6 Å². The van der Waals surface area contributed by atoms with Crippen molar-refractivity contribution in [3.05, 3.63) is 126 Å². The van der Waals surface area contributed by atoms with E-state index < -0.39 is 28.5 Å². The average molecular weight is 628 g/mol. The van der Waals surface area contributed by atoms with Crippen LogP contribution in [0.5, 0.6) is 5.75 Å². The van der Waals surface area contributed by atoms with E-state index in [1.165, 1.54) is 17.0 Å². The molecular formula is C36H41N3O5S. The second-order valence-corrected chi connectivity index (χ2v) is 13.0. The number of para-hydroxylation sites is 2. The first-order valence-corrected chi connectivity index (χ1v) is 16.5. The van der Waals surface area contributed by atoms with Crippen molar-refractivity contribution in [1.82, 2.24) is 10.2 Å². The third-order valence-corrected chi connectivity index (χ3v) is 8.99. The van der Waals surface area contributed by atoms with Crippen LogP contribution in [-0.4, -0.2) is 50.4 Å². The summed E-state index contributed by atoms with van der Waals surface area (Å²) in [6.07, 6.45) is 0.248. The minimum absolute atomic E-state index is 0.0348. The van der Waals surface area contributed by atoms with Crippen LogP contribution in [0.4, 0.5) is 5.69 Å². The van der Waals surface area contributed by atoms with E-state index in [0.717, 1.165) is 21.0 Å². The minimum Gasteiger partial charge on any atom is -0.492 e. The van der Waals surface area contributed by atoms with E-state index in [2.05, 4.69) is 5.32 Å². The highest BCUT2D eigenvalue weighted by atomic mass is 32.2. The maximum atomic E-state index is 14.6. The molecule has 236 valence electrons. The maximum absolute atomic E-state index is 14.6. The van der Waals surface area contributed by atoms with Gasteiger partial charge in [0.05, 0.1) is 17.2 Å². The molecule has 0 saturated carbocycles. The highest BCUT2D eigenvalue weighted by Gasteiger charge is 2.35. The SMILES string of the molecule is CCOc1ccccc1N(CC(=O)N(Cc1ccc(C)cc1)C(Cc1ccccc1)C(=O)NC(C)C)S(=O)(=O)c1ccccc1. The number of rotatable bonds is 14. The molecule has 2 amide bonds. The normalized spacial score (nSPS) is 11.9. The summed E-state index contributed by atoms with van der Waals surface area (Å²) in [6, 6.07) is 30.9. The van der Waals surface area contributed by atoms with Gasteiger partial charge in [0.1, 0.15) is 18.3 Å². The van der Waals surface area contributed by atoms with Crippen molar-refractivity contribution < 1.29 is 22.7 Å². The van der Waals surface area contributed by atoms with Gasteiger partial charge in [-0.25, -0.2) is 8.42 Å². The predicted octanol–water partition coefficient (Wildman–Crippen LogP) is 5.75. The molecule has 0 aliphatic heterocycles. The number of aryl methyl sites for hydroxylation is 1. The second-order valence-electron chi connectivity index (χ2n) is 11.1. The fourth-order valence-corrected chi connectivity index (χ4v) is 6.44. The molecule has 0 heterocycles. The van der Waals surface area contributed by atoms with Crippen molar-refractivity contribution >= 4 is 27.5 Å². The van der Waals surface area contributed by atoms with E-state index in [-0.39, 0.29) is 35.5 Å². The maximum Gasteiger partial charge on any atom is 0.264 e. The zero-order valence-electron chi connectivity index (χ0n) is 26.2. The molecule has 0 aliphatic rings. The molecule has 0 aromatic heterocycles. The Bertz CT molecular complexity index is 1660. The molecule has 1 unspecified atom stereocenters. The van der Waals surface area contributed by atoms with Gasteiger partial charge in [-0.05, 0) is 63.1 Å². The first kappa shape index (κ1) is 33.3. The van der Waals surface area contributed by atoms with Crippen LogP contribution >= 0.6 is 0 Å². The standard InChI is InChI=1S/C36H41N3O5S/c1-5-44-34-19-13-12-18-32(34)39(45(42,43)31-16-10-7-11-17-31)26-35(40)38(25-30-22-20-28(4)21-23-30)33(36(41)37-27(2)3)24-29-14-8-6-9-15-29/h6-23,27,33H,5,24-26H2,1-4H3,(H,37,41). The quantitative estimate of drug-likeness (QED) is 0.192. The van der Waals surface area contributed by atoms with Crippen molar-refractivity contribution in [1.29, 1.82) is 0 Å². The Balaban J connectivity index is 1.83. The van der Waals surface area contributed by atoms with E-state index in [9.17, 15) is 18.0 Å². The third-order valence-electron chi connectivity index (χ3n) is 7.22. The Morgan fingerprint density at radius 1 is 0.800 bits per heavy atom. The third kappa shape index (κ3) is 8.73. The summed E-state index contributed by atoms with van der Waals surface area (Å²) in [7, 11) is -4.22. The molecule has 0 bridgehead atoms. The number of ether oxygens (including phenoxy) is 1. The smallest absolute Gasteiger partial charge is 0.264 e. The van der Waals surface area contributed by atoms with Crippen LogP contribution in [-0.2, 0) is 32.6 Å². The number of sulfonamides is 1. The molecule has 45 heavy (non-hydrogen) atoms. The first-order chi connectivity index (χ1) is 21.6. The fraction of sp³-hybridized carbons (Fsp3) is 0.278. The lowest BCUT2D eigenvalue weighted by Gasteiger charge is -2.34. The molecule has 0 saturated heterocycles. The largest absolute Gasteiger partial charge is 0.492 e. The van der Waals surface area contributed by atoms with E-state index >= 15 is 0 Å². The number of carbonyl (C=O) groups excluding carboxylic acids is 2. The van der Waals surface area contributed by atoms with Crippen LogP contribution in [0.2, 0.25) is 0 Å². The zero-order valence-corrected chi connectivity index (χ0v) is 27.0. The lowest BCUT2D eigenvalue weighted by Crippen LogP contribution is -2.54. The molecule has 0 spiro atoms. The molecule has 1 atom stereocenters. The van der Waals surface area contributed by atoms with Gasteiger partial charge in [-0.3, -0.25) is 13.9 Å². The molecule has 9 heteroatoms. The van der Waals surface area contributed by atoms with Gasteiger partial charge >= 0.3 is 0 Å². The Kier molecular flexibility index (Phi) is 11.4. The van der Waals surface area contributed by atoms with Gasteiger partial charge in [-0.2, -0.15) is 0 Å². The fourth-order valence-electron chi connectivity index (χ4n) is 5.00. The van der Waals surface area contributed by atoms with Crippen molar-refractivity contribution in [3.63, 3.8) is 0 Å². The summed E-state index contributed by atoms with van der Waals surface area (Å²) in [6.45, 7) is 7.37. The highest BCUT2D eigenvalue weighted by Crippen LogP contribution is 2.33. The van der Waals surface area contributed by atoms with E-state index in [4.69, 9.17) is 4.74 Å². The van der Waals surface area contributed by atoms with Crippen LogP contribution in [0, 0.1) is 6.92 Å². The summed E-state index contributed by atoms with van der Waals surface area (Å²) < 4.78 is 35.3. The summed E-state index contributed by atoms with van der Waals surface area (Å²) in [5, 5.41) is 2.98. The summed E-state index contributed by atoms with van der Waals surface area (Å²) in [5.74, 6) is -0.515.